The summed E-state index contributed by atoms with van der Waals surface area (Å²) < 4.78 is 5.17. The van der Waals surface area contributed by atoms with Gasteiger partial charge in [0.15, 0.2) is 0 Å². The Morgan fingerprint density at radius 2 is 2.00 bits per heavy atom. The van der Waals surface area contributed by atoms with Crippen LogP contribution in [0.5, 0.6) is 0 Å². The predicted molar refractivity (Wildman–Crippen MR) is 76.5 cm³/mol. The summed E-state index contributed by atoms with van der Waals surface area (Å²) in [7, 11) is 3.70. The Bertz CT molecular complexity index is 522. The lowest BCUT2D eigenvalue weighted by Gasteiger charge is -2.33. The Morgan fingerprint density at radius 1 is 1.33 bits per heavy atom. The minimum absolute atomic E-state index is 0.261. The van der Waals surface area contributed by atoms with Gasteiger partial charge in [-0.3, -0.25) is 4.79 Å². The molecular weight excluding hydrogens is 274 g/mol. The summed E-state index contributed by atoms with van der Waals surface area (Å²) in [5, 5.41) is 12.0. The van der Waals surface area contributed by atoms with E-state index in [1.54, 1.807) is 12.1 Å². The van der Waals surface area contributed by atoms with Gasteiger partial charge in [-0.15, -0.1) is 0 Å². The molecular formula is C14H19N3O4. The largest absolute Gasteiger partial charge is 0.480 e. The number of carboxylic acid groups (broad SMARTS) is 1. The SMILES string of the molecule is CN(C)c1ccc(C(=O)NC2(C(=O)O)CCOCC2)cn1. The molecule has 2 heterocycles. The molecule has 0 spiro atoms. The van der Waals surface area contributed by atoms with Crippen LogP contribution >= 0.6 is 0 Å². The summed E-state index contributed by atoms with van der Waals surface area (Å²) in [6.07, 6.45) is 1.97. The molecule has 1 aliphatic rings. The van der Waals surface area contributed by atoms with Gasteiger partial charge in [0.05, 0.1) is 5.56 Å². The molecule has 7 nitrogen and oxygen atoms in total. The number of nitrogens with zero attached hydrogens (tertiary/aromatic N) is 2. The molecule has 0 saturated carbocycles. The zero-order chi connectivity index (χ0) is 15.5. The molecule has 1 fully saturated rings. The highest BCUT2D eigenvalue weighted by Crippen LogP contribution is 2.22. The fourth-order valence-corrected chi connectivity index (χ4v) is 2.19. The van der Waals surface area contributed by atoms with Crippen molar-refractivity contribution in [2.45, 2.75) is 18.4 Å². The van der Waals surface area contributed by atoms with Gasteiger partial charge in [0, 0.05) is 46.3 Å². The number of hydrogen-bond donors (Lipinski definition) is 2. The van der Waals surface area contributed by atoms with Gasteiger partial charge in [-0.2, -0.15) is 0 Å². The molecule has 114 valence electrons. The van der Waals surface area contributed by atoms with Gasteiger partial charge in [-0.05, 0) is 12.1 Å². The van der Waals surface area contributed by atoms with Crippen LogP contribution in [0.1, 0.15) is 23.2 Å². The van der Waals surface area contributed by atoms with Crippen molar-refractivity contribution in [3.8, 4) is 0 Å². The molecule has 2 rings (SSSR count). The highest BCUT2D eigenvalue weighted by molar-refractivity contribution is 5.97. The van der Waals surface area contributed by atoms with Gasteiger partial charge in [-0.1, -0.05) is 0 Å². The minimum atomic E-state index is -1.25. The van der Waals surface area contributed by atoms with Gasteiger partial charge >= 0.3 is 5.97 Å². The second-order valence-corrected chi connectivity index (χ2v) is 5.25. The third-order valence-corrected chi connectivity index (χ3v) is 3.58. The van der Waals surface area contributed by atoms with Crippen LogP contribution in [0.4, 0.5) is 5.82 Å². The summed E-state index contributed by atoms with van der Waals surface area (Å²) in [6.45, 7) is 0.648. The van der Waals surface area contributed by atoms with Gasteiger partial charge in [-0.25, -0.2) is 9.78 Å². The number of ether oxygens (including phenoxy) is 1. The van der Waals surface area contributed by atoms with Crippen LogP contribution in [-0.2, 0) is 9.53 Å². The van der Waals surface area contributed by atoms with Crippen molar-refractivity contribution in [3.05, 3.63) is 23.9 Å². The second-order valence-electron chi connectivity index (χ2n) is 5.25. The van der Waals surface area contributed by atoms with Crippen molar-refractivity contribution < 1.29 is 19.4 Å². The third-order valence-electron chi connectivity index (χ3n) is 3.58. The molecule has 1 aliphatic heterocycles. The Balaban J connectivity index is 2.13. The molecule has 7 heteroatoms. The number of aromatic nitrogens is 1. The molecule has 2 N–H and O–H groups in total. The van der Waals surface area contributed by atoms with E-state index in [1.807, 2.05) is 19.0 Å². The summed E-state index contributed by atoms with van der Waals surface area (Å²) >= 11 is 0. The van der Waals surface area contributed by atoms with Crippen LogP contribution < -0.4 is 10.2 Å². The second kappa shape index (κ2) is 6.09. The topological polar surface area (TPSA) is 91.8 Å². The quantitative estimate of drug-likeness (QED) is 0.840. The number of nitrogens with one attached hydrogen (secondary N) is 1. The van der Waals surface area contributed by atoms with E-state index in [0.717, 1.165) is 5.82 Å². The van der Waals surface area contributed by atoms with E-state index in [-0.39, 0.29) is 12.8 Å². The van der Waals surface area contributed by atoms with Gasteiger partial charge in [0.1, 0.15) is 11.4 Å². The Kier molecular flexibility index (Phi) is 4.42. The van der Waals surface area contributed by atoms with E-state index in [4.69, 9.17) is 4.74 Å². The number of pyridine rings is 1. The minimum Gasteiger partial charge on any atom is -0.480 e. The van der Waals surface area contributed by atoms with Crippen molar-refractivity contribution in [1.82, 2.24) is 10.3 Å². The van der Waals surface area contributed by atoms with Gasteiger partial charge in [0.25, 0.3) is 5.91 Å². The zero-order valence-corrected chi connectivity index (χ0v) is 12.1. The maximum absolute atomic E-state index is 12.2. The van der Waals surface area contributed by atoms with Crippen LogP contribution in [0.15, 0.2) is 18.3 Å². The number of carbonyl (C=O) groups excluding carboxylic acids is 1. The first-order chi connectivity index (χ1) is 9.94. The molecule has 0 radical (unpaired) electrons. The highest BCUT2D eigenvalue weighted by atomic mass is 16.5. The van der Waals surface area contributed by atoms with Crippen molar-refractivity contribution in [2.75, 3.05) is 32.2 Å². The average Bonchev–Trinajstić information content (AvgIpc) is 2.48. The predicted octanol–water partition coefficient (Wildman–Crippen LogP) is 0.511. The third kappa shape index (κ3) is 3.30. The number of amides is 1. The molecule has 1 aromatic rings. The Hall–Kier alpha value is -2.15. The van der Waals surface area contributed by atoms with E-state index >= 15 is 0 Å². The van der Waals surface area contributed by atoms with Crippen molar-refractivity contribution in [1.29, 1.82) is 0 Å². The monoisotopic (exact) mass is 293 g/mol. The summed E-state index contributed by atoms with van der Waals surface area (Å²) in [5.41, 5.74) is -0.914. The first kappa shape index (κ1) is 15.2. The maximum atomic E-state index is 12.2. The maximum Gasteiger partial charge on any atom is 0.329 e. The molecule has 1 saturated heterocycles. The van der Waals surface area contributed by atoms with E-state index < -0.39 is 17.4 Å². The summed E-state index contributed by atoms with van der Waals surface area (Å²) in [6, 6.07) is 3.35. The van der Waals surface area contributed by atoms with Crippen LogP contribution in [-0.4, -0.2) is 54.8 Å². The van der Waals surface area contributed by atoms with Gasteiger partial charge < -0.3 is 20.1 Å². The number of rotatable bonds is 4. The molecule has 0 aliphatic carbocycles. The molecule has 0 bridgehead atoms. The zero-order valence-electron chi connectivity index (χ0n) is 12.1. The molecule has 0 aromatic carbocycles. The first-order valence-corrected chi connectivity index (χ1v) is 6.72. The Labute approximate surface area is 122 Å². The number of anilines is 1. The molecule has 0 unspecified atom stereocenters. The fraction of sp³-hybridized carbons (Fsp3) is 0.500. The van der Waals surface area contributed by atoms with E-state index in [1.165, 1.54) is 6.20 Å². The highest BCUT2D eigenvalue weighted by Gasteiger charge is 2.41. The number of carboxylic acids is 1. The normalized spacial score (nSPS) is 17.0. The molecule has 1 aromatic heterocycles. The lowest BCUT2D eigenvalue weighted by atomic mass is 9.90. The lowest BCUT2D eigenvalue weighted by Crippen LogP contribution is -2.57. The summed E-state index contributed by atoms with van der Waals surface area (Å²) in [5.74, 6) is -0.736. The van der Waals surface area contributed by atoms with Crippen LogP contribution in [0.2, 0.25) is 0 Å². The first-order valence-electron chi connectivity index (χ1n) is 6.72. The lowest BCUT2D eigenvalue weighted by molar-refractivity contribution is -0.148. The number of aliphatic carboxylic acids is 1. The van der Waals surface area contributed by atoms with Crippen LogP contribution in [0.25, 0.3) is 0 Å². The van der Waals surface area contributed by atoms with E-state index in [2.05, 4.69) is 10.3 Å². The fourth-order valence-electron chi connectivity index (χ4n) is 2.19. The Morgan fingerprint density at radius 3 is 2.48 bits per heavy atom. The van der Waals surface area contributed by atoms with Crippen molar-refractivity contribution >= 4 is 17.7 Å². The average molecular weight is 293 g/mol. The van der Waals surface area contributed by atoms with Crippen molar-refractivity contribution in [2.24, 2.45) is 0 Å². The number of hydrogen-bond acceptors (Lipinski definition) is 5. The number of carbonyl (C=O) groups is 2. The standard InChI is InChI=1S/C14H19N3O4/c1-17(2)11-4-3-10(9-15-11)12(18)16-14(13(19)20)5-7-21-8-6-14/h3-4,9H,5-8H2,1-2H3,(H,16,18)(H,19,20). The van der Waals surface area contributed by atoms with Crippen LogP contribution in [0, 0.1) is 0 Å². The van der Waals surface area contributed by atoms with E-state index in [0.29, 0.717) is 18.8 Å². The summed E-state index contributed by atoms with van der Waals surface area (Å²) in [4.78, 5) is 29.7. The van der Waals surface area contributed by atoms with Gasteiger partial charge in [0.2, 0.25) is 0 Å². The molecule has 21 heavy (non-hydrogen) atoms. The van der Waals surface area contributed by atoms with E-state index in [9.17, 15) is 14.7 Å². The molecule has 0 atom stereocenters. The smallest absolute Gasteiger partial charge is 0.329 e. The van der Waals surface area contributed by atoms with Crippen molar-refractivity contribution in [3.63, 3.8) is 0 Å². The van der Waals surface area contributed by atoms with Crippen LogP contribution in [0.3, 0.4) is 0 Å². The molecule has 1 amide bonds.